The molecular formula is C20H26ClN3O2S. The molecule has 1 fully saturated rings. The van der Waals surface area contributed by atoms with Crippen molar-refractivity contribution in [3.63, 3.8) is 0 Å². The smallest absolute Gasteiger partial charge is 0.306 e. The molecule has 0 spiro atoms. The number of halogens is 1. The lowest BCUT2D eigenvalue weighted by Gasteiger charge is -2.34. The highest BCUT2D eigenvalue weighted by Gasteiger charge is 2.33. The van der Waals surface area contributed by atoms with E-state index in [1.807, 2.05) is 0 Å². The van der Waals surface area contributed by atoms with Crippen LogP contribution in [0.4, 0.5) is 5.82 Å². The first-order chi connectivity index (χ1) is 12.7. The zero-order chi connectivity index (χ0) is 19.3. The molecule has 2 aromatic heterocycles. The Labute approximate surface area is 168 Å². The first kappa shape index (κ1) is 18.9. The molecule has 5 nitrogen and oxygen atoms in total. The van der Waals surface area contributed by atoms with Crippen LogP contribution in [-0.2, 0) is 17.6 Å². The quantitative estimate of drug-likeness (QED) is 0.724. The molecule has 1 saturated heterocycles. The Balaban J connectivity index is 1.71. The van der Waals surface area contributed by atoms with Crippen molar-refractivity contribution in [1.82, 2.24) is 9.97 Å². The van der Waals surface area contributed by atoms with Gasteiger partial charge < -0.3 is 10.0 Å². The Kier molecular flexibility index (Phi) is 4.83. The van der Waals surface area contributed by atoms with E-state index in [0.29, 0.717) is 37.3 Å². The topological polar surface area (TPSA) is 66.3 Å². The van der Waals surface area contributed by atoms with Crippen molar-refractivity contribution < 1.29 is 9.90 Å². The molecule has 1 atom stereocenters. The highest BCUT2D eigenvalue weighted by atomic mass is 35.5. The molecule has 4 rings (SSSR count). The van der Waals surface area contributed by atoms with E-state index in [1.54, 1.807) is 11.3 Å². The van der Waals surface area contributed by atoms with Crippen LogP contribution in [0.15, 0.2) is 0 Å². The van der Waals surface area contributed by atoms with E-state index in [0.717, 1.165) is 28.9 Å². The van der Waals surface area contributed by atoms with Gasteiger partial charge in [-0.05, 0) is 60.6 Å². The molecule has 1 N–H and O–H groups in total. The maximum Gasteiger partial charge on any atom is 0.306 e. The van der Waals surface area contributed by atoms with Crippen molar-refractivity contribution in [2.24, 2.45) is 17.3 Å². The van der Waals surface area contributed by atoms with Crippen LogP contribution in [0.25, 0.3) is 10.2 Å². The van der Waals surface area contributed by atoms with Crippen LogP contribution in [0.3, 0.4) is 0 Å². The van der Waals surface area contributed by atoms with Crippen molar-refractivity contribution >= 4 is 44.9 Å². The van der Waals surface area contributed by atoms with Gasteiger partial charge in [-0.15, -0.1) is 11.3 Å². The maximum absolute atomic E-state index is 11.3. The number of aryl methyl sites for hydroxylation is 1. The molecule has 2 aromatic rings. The molecule has 1 unspecified atom stereocenters. The molecule has 0 bridgehead atoms. The molecule has 27 heavy (non-hydrogen) atoms. The summed E-state index contributed by atoms with van der Waals surface area (Å²) < 4.78 is 0. The fourth-order valence-electron chi connectivity index (χ4n) is 4.44. The highest BCUT2D eigenvalue weighted by molar-refractivity contribution is 7.19. The van der Waals surface area contributed by atoms with Gasteiger partial charge >= 0.3 is 5.97 Å². The second kappa shape index (κ2) is 6.89. The SMILES string of the molecule is CC(C)(C)C1CCc2c(sc3nc(Cl)nc(N4CCC(C(=O)O)CC4)c23)C1. The van der Waals surface area contributed by atoms with Gasteiger partial charge in [-0.25, -0.2) is 4.98 Å². The zero-order valence-corrected chi connectivity index (χ0v) is 17.7. The van der Waals surface area contributed by atoms with Crippen LogP contribution < -0.4 is 4.90 Å². The Hall–Kier alpha value is -1.40. The van der Waals surface area contributed by atoms with E-state index in [-0.39, 0.29) is 11.2 Å². The van der Waals surface area contributed by atoms with E-state index in [9.17, 15) is 9.90 Å². The number of piperidine rings is 1. The van der Waals surface area contributed by atoms with Crippen LogP contribution in [0.2, 0.25) is 5.28 Å². The van der Waals surface area contributed by atoms with Crippen molar-refractivity contribution in [2.45, 2.75) is 52.9 Å². The van der Waals surface area contributed by atoms with Gasteiger partial charge in [0.25, 0.3) is 0 Å². The van der Waals surface area contributed by atoms with E-state index >= 15 is 0 Å². The lowest BCUT2D eigenvalue weighted by Crippen LogP contribution is -2.37. The molecule has 0 saturated carbocycles. The number of anilines is 1. The van der Waals surface area contributed by atoms with Crippen LogP contribution in [-0.4, -0.2) is 34.1 Å². The summed E-state index contributed by atoms with van der Waals surface area (Å²) in [7, 11) is 0. The summed E-state index contributed by atoms with van der Waals surface area (Å²) >= 11 is 8.01. The molecule has 3 heterocycles. The number of hydrogen-bond acceptors (Lipinski definition) is 5. The fourth-order valence-corrected chi connectivity index (χ4v) is 5.95. The van der Waals surface area contributed by atoms with Gasteiger partial charge in [-0.2, -0.15) is 4.98 Å². The minimum Gasteiger partial charge on any atom is -0.481 e. The summed E-state index contributed by atoms with van der Waals surface area (Å²) in [6.07, 6.45) is 4.64. The average molecular weight is 408 g/mol. The third kappa shape index (κ3) is 3.54. The van der Waals surface area contributed by atoms with Crippen molar-refractivity contribution in [3.05, 3.63) is 15.7 Å². The van der Waals surface area contributed by atoms with E-state index in [4.69, 9.17) is 11.6 Å². The Morgan fingerprint density at radius 1 is 1.22 bits per heavy atom. The molecule has 0 amide bonds. The third-order valence-electron chi connectivity index (χ3n) is 6.23. The predicted molar refractivity (Wildman–Crippen MR) is 110 cm³/mol. The summed E-state index contributed by atoms with van der Waals surface area (Å²) in [5, 5.41) is 10.7. The Morgan fingerprint density at radius 3 is 2.56 bits per heavy atom. The van der Waals surface area contributed by atoms with E-state index < -0.39 is 5.97 Å². The van der Waals surface area contributed by atoms with Gasteiger partial charge in [0.05, 0.1) is 11.3 Å². The summed E-state index contributed by atoms with van der Waals surface area (Å²) in [4.78, 5) is 25.0. The maximum atomic E-state index is 11.3. The lowest BCUT2D eigenvalue weighted by molar-refractivity contribution is -0.142. The monoisotopic (exact) mass is 407 g/mol. The van der Waals surface area contributed by atoms with Crippen LogP contribution in [0.1, 0.15) is 50.5 Å². The second-order valence-corrected chi connectivity index (χ2v) is 10.3. The minimum absolute atomic E-state index is 0.252. The number of carbonyl (C=O) groups is 1. The number of rotatable bonds is 2. The Bertz CT molecular complexity index is 881. The number of thiophene rings is 1. The molecule has 0 aromatic carbocycles. The standard InChI is InChI=1S/C20H26ClN3O2S/c1-20(2,3)12-4-5-13-14(10-12)27-17-15(13)16(22-19(21)23-17)24-8-6-11(7-9-24)18(25)26/h11-12H,4-10H2,1-3H3,(H,25,26). The van der Waals surface area contributed by atoms with Crippen molar-refractivity contribution in [3.8, 4) is 0 Å². The number of fused-ring (bicyclic) bond motifs is 3. The Morgan fingerprint density at radius 2 is 1.93 bits per heavy atom. The van der Waals surface area contributed by atoms with Crippen LogP contribution in [0.5, 0.6) is 0 Å². The van der Waals surface area contributed by atoms with Gasteiger partial charge in [-0.1, -0.05) is 20.8 Å². The van der Waals surface area contributed by atoms with Gasteiger partial charge in [0, 0.05) is 18.0 Å². The highest BCUT2D eigenvalue weighted by Crippen LogP contribution is 2.45. The first-order valence-electron chi connectivity index (χ1n) is 9.69. The van der Waals surface area contributed by atoms with E-state index in [1.165, 1.54) is 16.9 Å². The third-order valence-corrected chi connectivity index (χ3v) is 7.55. The summed E-state index contributed by atoms with van der Waals surface area (Å²) in [5.74, 6) is 0.636. The average Bonchev–Trinajstić information content (AvgIpc) is 2.97. The lowest BCUT2D eigenvalue weighted by atomic mass is 9.72. The molecule has 146 valence electrons. The minimum atomic E-state index is -0.693. The number of aliphatic carboxylic acids is 1. The van der Waals surface area contributed by atoms with Gasteiger partial charge in [0.2, 0.25) is 5.28 Å². The molecule has 2 aliphatic rings. The van der Waals surface area contributed by atoms with Gasteiger partial charge in [0.1, 0.15) is 10.6 Å². The number of carboxylic acids is 1. The predicted octanol–water partition coefficient (Wildman–Crippen LogP) is 4.80. The molecule has 1 aliphatic heterocycles. The molecule has 7 heteroatoms. The first-order valence-corrected chi connectivity index (χ1v) is 10.9. The second-order valence-electron chi connectivity index (χ2n) is 8.91. The van der Waals surface area contributed by atoms with Crippen molar-refractivity contribution in [2.75, 3.05) is 18.0 Å². The molecule has 1 aliphatic carbocycles. The normalized spacial score (nSPS) is 21.5. The number of hydrogen-bond donors (Lipinski definition) is 1. The summed E-state index contributed by atoms with van der Waals surface area (Å²) in [6.45, 7) is 8.38. The van der Waals surface area contributed by atoms with Crippen molar-refractivity contribution in [1.29, 1.82) is 0 Å². The number of nitrogens with zero attached hydrogens (tertiary/aromatic N) is 3. The summed E-state index contributed by atoms with van der Waals surface area (Å²) in [5.41, 5.74) is 1.70. The van der Waals surface area contributed by atoms with Crippen LogP contribution in [0, 0.1) is 17.3 Å². The molecular weight excluding hydrogens is 382 g/mol. The van der Waals surface area contributed by atoms with Gasteiger partial charge in [0.15, 0.2) is 0 Å². The zero-order valence-electron chi connectivity index (χ0n) is 16.1. The summed E-state index contributed by atoms with van der Waals surface area (Å²) in [6, 6.07) is 0. The fraction of sp³-hybridized carbons (Fsp3) is 0.650. The largest absolute Gasteiger partial charge is 0.481 e. The number of aromatic nitrogens is 2. The van der Waals surface area contributed by atoms with Gasteiger partial charge in [-0.3, -0.25) is 4.79 Å². The van der Waals surface area contributed by atoms with Crippen LogP contribution >= 0.6 is 22.9 Å². The number of carboxylic acid groups (broad SMARTS) is 1. The van der Waals surface area contributed by atoms with E-state index in [2.05, 4.69) is 35.6 Å². The molecule has 0 radical (unpaired) electrons.